The SMILES string of the molecule is N#Cc1c(C#N)c(-c2cccnc2F)n2c1C=CCC2. The summed E-state index contributed by atoms with van der Waals surface area (Å²) in [5.41, 5.74) is 1.85. The Balaban J connectivity index is 2.41. The van der Waals surface area contributed by atoms with E-state index in [-0.39, 0.29) is 11.1 Å². The van der Waals surface area contributed by atoms with Crippen LogP contribution in [0, 0.1) is 28.6 Å². The fourth-order valence-corrected chi connectivity index (χ4v) is 2.51. The molecule has 1 aliphatic heterocycles. The van der Waals surface area contributed by atoms with Crippen LogP contribution in [0.1, 0.15) is 23.2 Å². The summed E-state index contributed by atoms with van der Waals surface area (Å²) in [6, 6.07) is 7.26. The minimum Gasteiger partial charge on any atom is -0.338 e. The molecular formula is C15H9FN4. The second-order valence-electron chi connectivity index (χ2n) is 4.39. The first-order valence-corrected chi connectivity index (χ1v) is 6.12. The molecule has 0 aliphatic carbocycles. The summed E-state index contributed by atoms with van der Waals surface area (Å²) in [5.74, 6) is -0.636. The quantitative estimate of drug-likeness (QED) is 0.744. The van der Waals surface area contributed by atoms with Gasteiger partial charge in [0, 0.05) is 12.7 Å². The van der Waals surface area contributed by atoms with Crippen LogP contribution in [0.3, 0.4) is 0 Å². The summed E-state index contributed by atoms with van der Waals surface area (Å²) in [6.07, 6.45) is 5.89. The maximum Gasteiger partial charge on any atom is 0.222 e. The molecule has 0 atom stereocenters. The van der Waals surface area contributed by atoms with Crippen LogP contribution >= 0.6 is 0 Å². The molecule has 20 heavy (non-hydrogen) atoms. The van der Waals surface area contributed by atoms with Gasteiger partial charge in [0.15, 0.2) is 0 Å². The van der Waals surface area contributed by atoms with Crippen molar-refractivity contribution in [2.45, 2.75) is 13.0 Å². The van der Waals surface area contributed by atoms with Crippen LogP contribution in [-0.4, -0.2) is 9.55 Å². The van der Waals surface area contributed by atoms with Crippen molar-refractivity contribution in [3.8, 4) is 23.4 Å². The highest BCUT2D eigenvalue weighted by atomic mass is 19.1. The molecule has 0 spiro atoms. The van der Waals surface area contributed by atoms with Gasteiger partial charge in [-0.3, -0.25) is 0 Å². The number of nitrogens with zero attached hydrogens (tertiary/aromatic N) is 4. The lowest BCUT2D eigenvalue weighted by molar-refractivity contribution is 0.584. The monoisotopic (exact) mass is 264 g/mol. The van der Waals surface area contributed by atoms with Crippen LogP contribution in [0.25, 0.3) is 17.3 Å². The van der Waals surface area contributed by atoms with Crippen molar-refractivity contribution in [2.24, 2.45) is 0 Å². The van der Waals surface area contributed by atoms with Gasteiger partial charge in [-0.15, -0.1) is 0 Å². The van der Waals surface area contributed by atoms with Crippen molar-refractivity contribution in [3.05, 3.63) is 47.2 Å². The Labute approximate surface area is 115 Å². The number of nitriles is 2. The van der Waals surface area contributed by atoms with Crippen LogP contribution in [0.2, 0.25) is 0 Å². The molecule has 0 amide bonds. The molecule has 0 N–H and O–H groups in total. The Morgan fingerprint density at radius 2 is 2.05 bits per heavy atom. The Bertz CT molecular complexity index is 803. The van der Waals surface area contributed by atoms with E-state index in [1.54, 1.807) is 18.2 Å². The zero-order valence-electron chi connectivity index (χ0n) is 10.5. The van der Waals surface area contributed by atoms with Crippen LogP contribution in [0.5, 0.6) is 0 Å². The Morgan fingerprint density at radius 1 is 1.25 bits per heavy atom. The van der Waals surface area contributed by atoms with E-state index in [2.05, 4.69) is 4.98 Å². The van der Waals surface area contributed by atoms with Crippen molar-refractivity contribution < 1.29 is 4.39 Å². The lowest BCUT2D eigenvalue weighted by Gasteiger charge is -2.14. The molecule has 5 heteroatoms. The lowest BCUT2D eigenvalue weighted by atomic mass is 10.1. The van der Waals surface area contributed by atoms with E-state index in [1.165, 1.54) is 6.20 Å². The van der Waals surface area contributed by atoms with E-state index < -0.39 is 5.95 Å². The topological polar surface area (TPSA) is 65.4 Å². The van der Waals surface area contributed by atoms with E-state index in [0.717, 1.165) is 6.42 Å². The highest BCUT2D eigenvalue weighted by Gasteiger charge is 2.25. The summed E-state index contributed by atoms with van der Waals surface area (Å²) in [4.78, 5) is 3.62. The molecule has 3 heterocycles. The van der Waals surface area contributed by atoms with E-state index in [9.17, 15) is 14.9 Å². The minimum absolute atomic E-state index is 0.209. The van der Waals surface area contributed by atoms with Crippen molar-refractivity contribution in [2.75, 3.05) is 0 Å². The molecule has 0 bridgehead atoms. The van der Waals surface area contributed by atoms with Gasteiger partial charge in [0.25, 0.3) is 0 Å². The number of hydrogen-bond acceptors (Lipinski definition) is 3. The van der Waals surface area contributed by atoms with Crippen molar-refractivity contribution in [3.63, 3.8) is 0 Å². The average Bonchev–Trinajstić information content (AvgIpc) is 2.81. The van der Waals surface area contributed by atoms with Gasteiger partial charge in [-0.1, -0.05) is 6.08 Å². The number of allylic oxidation sites excluding steroid dienone is 1. The van der Waals surface area contributed by atoms with Crippen molar-refractivity contribution >= 4 is 6.08 Å². The van der Waals surface area contributed by atoms with Gasteiger partial charge in [0.2, 0.25) is 5.95 Å². The van der Waals surface area contributed by atoms with Crippen LogP contribution in [-0.2, 0) is 6.54 Å². The molecule has 0 unspecified atom stereocenters. The molecule has 2 aromatic rings. The van der Waals surface area contributed by atoms with E-state index >= 15 is 0 Å². The molecule has 4 nitrogen and oxygen atoms in total. The molecule has 2 aromatic heterocycles. The average molecular weight is 264 g/mol. The lowest BCUT2D eigenvalue weighted by Crippen LogP contribution is -2.06. The van der Waals surface area contributed by atoms with Crippen LogP contribution < -0.4 is 0 Å². The largest absolute Gasteiger partial charge is 0.338 e. The van der Waals surface area contributed by atoms with Crippen molar-refractivity contribution in [1.82, 2.24) is 9.55 Å². The van der Waals surface area contributed by atoms with E-state index in [1.807, 2.05) is 22.8 Å². The zero-order valence-corrected chi connectivity index (χ0v) is 10.5. The van der Waals surface area contributed by atoms with Crippen molar-refractivity contribution in [1.29, 1.82) is 10.5 Å². The maximum absolute atomic E-state index is 13.9. The molecule has 0 fully saturated rings. The van der Waals surface area contributed by atoms with Gasteiger partial charge < -0.3 is 4.57 Å². The van der Waals surface area contributed by atoms with Gasteiger partial charge in [0.05, 0.1) is 28.1 Å². The number of pyridine rings is 1. The summed E-state index contributed by atoms with van der Waals surface area (Å²) in [7, 11) is 0. The highest BCUT2D eigenvalue weighted by Crippen LogP contribution is 2.34. The number of aromatic nitrogens is 2. The van der Waals surface area contributed by atoms with Crippen LogP contribution in [0.4, 0.5) is 4.39 Å². The maximum atomic E-state index is 13.9. The number of halogens is 1. The molecule has 3 rings (SSSR count). The number of hydrogen-bond donors (Lipinski definition) is 0. The predicted octanol–water partition coefficient (Wildman–Crippen LogP) is 2.85. The fourth-order valence-electron chi connectivity index (χ4n) is 2.51. The first-order valence-electron chi connectivity index (χ1n) is 6.12. The van der Waals surface area contributed by atoms with Gasteiger partial charge in [0.1, 0.15) is 12.1 Å². The summed E-state index contributed by atoms with van der Waals surface area (Å²) < 4.78 is 15.8. The first kappa shape index (κ1) is 12.1. The molecule has 0 saturated carbocycles. The van der Waals surface area contributed by atoms with Gasteiger partial charge in [-0.25, -0.2) is 4.98 Å². The van der Waals surface area contributed by atoms with Gasteiger partial charge >= 0.3 is 0 Å². The Hall–Kier alpha value is -2.92. The zero-order chi connectivity index (χ0) is 14.1. The third-order valence-corrected chi connectivity index (χ3v) is 3.34. The van der Waals surface area contributed by atoms with E-state index in [4.69, 9.17) is 0 Å². The second kappa shape index (κ2) is 4.64. The summed E-state index contributed by atoms with van der Waals surface area (Å²) in [6.45, 7) is 0.617. The molecule has 0 aromatic carbocycles. The first-order chi connectivity index (χ1) is 9.77. The molecule has 0 radical (unpaired) electrons. The standard InChI is InChI=1S/C15H9FN4/c16-15-10(4-3-6-19-15)14-12(9-18)11(8-17)13-5-1-2-7-20(13)14/h1,3-6H,2,7H2. The highest BCUT2D eigenvalue weighted by molar-refractivity contribution is 5.77. The molecular weight excluding hydrogens is 255 g/mol. The van der Waals surface area contributed by atoms with Gasteiger partial charge in [-0.2, -0.15) is 14.9 Å². The predicted molar refractivity (Wildman–Crippen MR) is 70.7 cm³/mol. The van der Waals surface area contributed by atoms with E-state index in [0.29, 0.717) is 23.5 Å². The fraction of sp³-hybridized carbons (Fsp3) is 0.133. The molecule has 0 saturated heterocycles. The Kier molecular flexibility index (Phi) is 2.81. The third kappa shape index (κ3) is 1.61. The summed E-state index contributed by atoms with van der Waals surface area (Å²) in [5, 5.41) is 18.6. The number of rotatable bonds is 1. The molecule has 96 valence electrons. The number of fused-ring (bicyclic) bond motifs is 1. The smallest absolute Gasteiger partial charge is 0.222 e. The van der Waals surface area contributed by atoms with Crippen LogP contribution in [0.15, 0.2) is 24.4 Å². The Morgan fingerprint density at radius 3 is 2.75 bits per heavy atom. The third-order valence-electron chi connectivity index (χ3n) is 3.34. The minimum atomic E-state index is -0.636. The molecule has 1 aliphatic rings. The second-order valence-corrected chi connectivity index (χ2v) is 4.39. The summed E-state index contributed by atoms with van der Waals surface area (Å²) >= 11 is 0. The van der Waals surface area contributed by atoms with Gasteiger partial charge in [-0.05, 0) is 24.6 Å². The normalized spacial score (nSPS) is 12.6.